The molecule has 0 aliphatic carbocycles. The van der Waals surface area contributed by atoms with E-state index in [9.17, 15) is 18.0 Å². The van der Waals surface area contributed by atoms with Crippen molar-refractivity contribution < 1.29 is 22.4 Å². The summed E-state index contributed by atoms with van der Waals surface area (Å²) in [6.07, 6.45) is -1.74. The van der Waals surface area contributed by atoms with Crippen molar-refractivity contribution in [2.45, 2.75) is 12.7 Å². The van der Waals surface area contributed by atoms with Crippen LogP contribution in [0.4, 0.5) is 24.7 Å². The van der Waals surface area contributed by atoms with Crippen LogP contribution in [-0.4, -0.2) is 10.9 Å². The third-order valence-corrected chi connectivity index (χ3v) is 3.91. The van der Waals surface area contributed by atoms with E-state index in [1.165, 1.54) is 18.3 Å². The molecule has 0 radical (unpaired) electrons. The molecule has 0 atom stereocenters. The molecule has 0 saturated heterocycles. The van der Waals surface area contributed by atoms with E-state index < -0.39 is 22.7 Å². The lowest BCUT2D eigenvalue weighted by Gasteiger charge is -2.12. The Labute approximate surface area is 157 Å². The molecule has 3 rings (SSSR count). The quantitative estimate of drug-likeness (QED) is 0.622. The molecule has 0 bridgehead atoms. The molecule has 0 saturated carbocycles. The first kappa shape index (κ1) is 18.8. The molecule has 2 N–H and O–H groups in total. The van der Waals surface area contributed by atoms with Gasteiger partial charge in [-0.1, -0.05) is 11.6 Å². The number of nitrogens with one attached hydrogen (secondary N) is 2. The van der Waals surface area contributed by atoms with E-state index in [4.69, 9.17) is 16.0 Å². The second kappa shape index (κ2) is 7.71. The van der Waals surface area contributed by atoms with Crippen LogP contribution in [0.2, 0.25) is 5.02 Å². The maximum absolute atomic E-state index is 12.9. The van der Waals surface area contributed by atoms with E-state index in [1.54, 1.807) is 24.5 Å². The number of aromatic nitrogens is 1. The number of benzene rings is 1. The Morgan fingerprint density at radius 3 is 2.63 bits per heavy atom. The van der Waals surface area contributed by atoms with Crippen molar-refractivity contribution in [3.05, 3.63) is 76.8 Å². The number of carbonyl (C=O) groups excluding carboxylic acids is 1. The fourth-order valence-electron chi connectivity index (χ4n) is 2.25. The topological polar surface area (TPSA) is 67.2 Å². The van der Waals surface area contributed by atoms with Crippen molar-refractivity contribution in [3.8, 4) is 0 Å². The highest BCUT2D eigenvalue weighted by Crippen LogP contribution is 2.36. The van der Waals surface area contributed by atoms with Gasteiger partial charge in [0.1, 0.15) is 11.6 Å². The minimum absolute atomic E-state index is 0.0169. The predicted octanol–water partition coefficient (Wildman–Crippen LogP) is 5.21. The van der Waals surface area contributed by atoms with Crippen LogP contribution in [-0.2, 0) is 12.7 Å². The predicted molar refractivity (Wildman–Crippen MR) is 94.7 cm³/mol. The summed E-state index contributed by atoms with van der Waals surface area (Å²) in [5.41, 5.74) is -0.837. The first-order chi connectivity index (χ1) is 12.8. The molecule has 0 fully saturated rings. The SMILES string of the molecule is O=C(Nc1ccc(Cl)c(C(F)(F)F)c1)c1ccc(NCc2ccco2)nc1. The molecule has 2 aromatic heterocycles. The van der Waals surface area contributed by atoms with E-state index >= 15 is 0 Å². The van der Waals surface area contributed by atoms with E-state index in [1.807, 2.05) is 0 Å². The van der Waals surface area contributed by atoms with Crippen LogP contribution in [0.3, 0.4) is 0 Å². The lowest BCUT2D eigenvalue weighted by atomic mass is 10.2. The van der Waals surface area contributed by atoms with Gasteiger partial charge >= 0.3 is 6.18 Å². The Morgan fingerprint density at radius 1 is 1.19 bits per heavy atom. The highest BCUT2D eigenvalue weighted by atomic mass is 35.5. The summed E-state index contributed by atoms with van der Waals surface area (Å²) in [5.74, 6) is 0.658. The number of pyridine rings is 1. The maximum atomic E-state index is 12.9. The lowest BCUT2D eigenvalue weighted by Crippen LogP contribution is -2.14. The Balaban J connectivity index is 1.66. The monoisotopic (exact) mass is 395 g/mol. The van der Waals surface area contributed by atoms with Crippen LogP contribution < -0.4 is 10.6 Å². The number of amides is 1. The van der Waals surface area contributed by atoms with Crippen LogP contribution >= 0.6 is 11.6 Å². The fourth-order valence-corrected chi connectivity index (χ4v) is 2.47. The zero-order chi connectivity index (χ0) is 19.4. The van der Waals surface area contributed by atoms with Crippen LogP contribution in [0.1, 0.15) is 21.7 Å². The first-order valence-corrected chi connectivity index (χ1v) is 8.11. The zero-order valence-electron chi connectivity index (χ0n) is 13.7. The third-order valence-electron chi connectivity index (χ3n) is 3.58. The lowest BCUT2D eigenvalue weighted by molar-refractivity contribution is -0.137. The number of nitrogens with zero attached hydrogens (tertiary/aromatic N) is 1. The van der Waals surface area contributed by atoms with Gasteiger partial charge in [-0.15, -0.1) is 0 Å². The summed E-state index contributed by atoms with van der Waals surface area (Å²) in [6.45, 7) is 0.427. The van der Waals surface area contributed by atoms with Gasteiger partial charge in [0.2, 0.25) is 0 Å². The number of halogens is 4. The van der Waals surface area contributed by atoms with Gasteiger partial charge in [0.15, 0.2) is 0 Å². The standard InChI is InChI=1S/C18H13ClF3N3O2/c19-15-5-4-12(8-14(15)18(20,21)22)25-17(26)11-3-6-16(23-9-11)24-10-13-2-1-7-27-13/h1-9H,10H2,(H,23,24)(H,25,26). The van der Waals surface area contributed by atoms with E-state index in [-0.39, 0.29) is 11.3 Å². The van der Waals surface area contributed by atoms with Gasteiger partial charge in [0, 0.05) is 11.9 Å². The Bertz CT molecular complexity index is 926. The van der Waals surface area contributed by atoms with Gasteiger partial charge in [0.25, 0.3) is 5.91 Å². The van der Waals surface area contributed by atoms with Gasteiger partial charge in [-0.05, 0) is 42.5 Å². The van der Waals surface area contributed by atoms with E-state index in [0.29, 0.717) is 12.4 Å². The average molecular weight is 396 g/mol. The smallest absolute Gasteiger partial charge is 0.417 e. The summed E-state index contributed by atoms with van der Waals surface area (Å²) in [4.78, 5) is 16.3. The molecule has 1 amide bonds. The molecular weight excluding hydrogens is 383 g/mol. The van der Waals surface area contributed by atoms with Crippen molar-refractivity contribution in [3.63, 3.8) is 0 Å². The van der Waals surface area contributed by atoms with Crippen molar-refractivity contribution >= 4 is 29.0 Å². The summed E-state index contributed by atoms with van der Waals surface area (Å²) < 4.78 is 43.8. The van der Waals surface area contributed by atoms with Crippen LogP contribution in [0.15, 0.2) is 59.3 Å². The molecule has 0 aliphatic rings. The van der Waals surface area contributed by atoms with Gasteiger partial charge in [0.05, 0.1) is 29.0 Å². The van der Waals surface area contributed by atoms with Crippen LogP contribution in [0.5, 0.6) is 0 Å². The number of rotatable bonds is 5. The molecule has 1 aromatic carbocycles. The molecule has 27 heavy (non-hydrogen) atoms. The summed E-state index contributed by atoms with van der Waals surface area (Å²) >= 11 is 5.56. The summed E-state index contributed by atoms with van der Waals surface area (Å²) in [6, 6.07) is 9.82. The van der Waals surface area contributed by atoms with E-state index in [0.717, 1.165) is 17.9 Å². The Morgan fingerprint density at radius 2 is 2.00 bits per heavy atom. The molecule has 9 heteroatoms. The van der Waals surface area contributed by atoms with E-state index in [2.05, 4.69) is 15.6 Å². The third kappa shape index (κ3) is 4.79. The normalized spacial score (nSPS) is 11.3. The molecule has 0 unspecified atom stereocenters. The van der Waals surface area contributed by atoms with Gasteiger partial charge in [-0.3, -0.25) is 4.79 Å². The van der Waals surface area contributed by atoms with Gasteiger partial charge < -0.3 is 15.1 Å². The highest BCUT2D eigenvalue weighted by Gasteiger charge is 2.33. The largest absolute Gasteiger partial charge is 0.467 e. The first-order valence-electron chi connectivity index (χ1n) is 7.73. The fraction of sp³-hybridized carbons (Fsp3) is 0.111. The number of carbonyl (C=O) groups is 1. The molecule has 3 aromatic rings. The molecular formula is C18H13ClF3N3O2. The van der Waals surface area contributed by atoms with Crippen molar-refractivity contribution in [2.24, 2.45) is 0 Å². The van der Waals surface area contributed by atoms with Crippen molar-refractivity contribution in [1.82, 2.24) is 4.98 Å². The van der Waals surface area contributed by atoms with Crippen molar-refractivity contribution in [2.75, 3.05) is 10.6 Å². The average Bonchev–Trinajstić information content (AvgIpc) is 3.14. The Kier molecular flexibility index (Phi) is 5.36. The van der Waals surface area contributed by atoms with Crippen molar-refractivity contribution in [1.29, 1.82) is 0 Å². The molecule has 0 spiro atoms. The number of hydrogen-bond donors (Lipinski definition) is 2. The number of hydrogen-bond acceptors (Lipinski definition) is 4. The number of alkyl halides is 3. The second-order valence-corrected chi connectivity index (χ2v) is 5.92. The molecule has 2 heterocycles. The molecule has 0 aliphatic heterocycles. The highest BCUT2D eigenvalue weighted by molar-refractivity contribution is 6.31. The van der Waals surface area contributed by atoms with Crippen LogP contribution in [0, 0.1) is 0 Å². The Hall–Kier alpha value is -3.00. The zero-order valence-corrected chi connectivity index (χ0v) is 14.4. The summed E-state index contributed by atoms with van der Waals surface area (Å²) in [5, 5.41) is 4.98. The number of anilines is 2. The molecule has 5 nitrogen and oxygen atoms in total. The van der Waals surface area contributed by atoms with Gasteiger partial charge in [-0.25, -0.2) is 4.98 Å². The summed E-state index contributed by atoms with van der Waals surface area (Å²) in [7, 11) is 0. The minimum Gasteiger partial charge on any atom is -0.467 e. The van der Waals surface area contributed by atoms with Crippen LogP contribution in [0.25, 0.3) is 0 Å². The minimum atomic E-state index is -4.61. The number of furan rings is 1. The molecule has 140 valence electrons. The van der Waals surface area contributed by atoms with Gasteiger partial charge in [-0.2, -0.15) is 13.2 Å². The second-order valence-electron chi connectivity index (χ2n) is 5.51. The maximum Gasteiger partial charge on any atom is 0.417 e.